The standard InChI is InChI=1S/C13H19N3O2/c1-3-13(14)10-4-5-16(7-10)8-11-6-12(9-17-2)18-15-11/h4-7,13H,3,8-9,14H2,1-2H3. The molecule has 0 aliphatic rings. The number of hydrogen-bond donors (Lipinski definition) is 1. The van der Waals surface area contributed by atoms with E-state index in [1.54, 1.807) is 7.11 Å². The molecule has 0 spiro atoms. The fraction of sp³-hybridized carbons (Fsp3) is 0.462. The molecule has 2 heterocycles. The topological polar surface area (TPSA) is 66.2 Å². The Morgan fingerprint density at radius 1 is 1.56 bits per heavy atom. The normalized spacial score (nSPS) is 12.8. The van der Waals surface area contributed by atoms with Gasteiger partial charge in [0.2, 0.25) is 0 Å². The van der Waals surface area contributed by atoms with Crippen molar-refractivity contribution in [2.24, 2.45) is 5.73 Å². The van der Waals surface area contributed by atoms with Gasteiger partial charge < -0.3 is 19.6 Å². The number of nitrogens with zero attached hydrogens (tertiary/aromatic N) is 2. The summed E-state index contributed by atoms with van der Waals surface area (Å²) in [5.74, 6) is 0.741. The van der Waals surface area contributed by atoms with E-state index in [1.165, 1.54) is 0 Å². The van der Waals surface area contributed by atoms with Crippen molar-refractivity contribution >= 4 is 0 Å². The smallest absolute Gasteiger partial charge is 0.162 e. The van der Waals surface area contributed by atoms with E-state index < -0.39 is 0 Å². The number of aromatic nitrogens is 2. The Morgan fingerprint density at radius 2 is 2.39 bits per heavy atom. The predicted octanol–water partition coefficient (Wildman–Crippen LogP) is 2.08. The summed E-state index contributed by atoms with van der Waals surface area (Å²) in [6.45, 7) is 3.21. The van der Waals surface area contributed by atoms with Crippen LogP contribution in [0.3, 0.4) is 0 Å². The molecule has 1 atom stereocenters. The van der Waals surface area contributed by atoms with E-state index in [0.29, 0.717) is 13.2 Å². The van der Waals surface area contributed by atoms with Gasteiger partial charge in [0.15, 0.2) is 5.76 Å². The quantitative estimate of drug-likeness (QED) is 0.851. The highest BCUT2D eigenvalue weighted by atomic mass is 16.5. The number of methoxy groups -OCH3 is 1. The van der Waals surface area contributed by atoms with Crippen LogP contribution in [0.25, 0.3) is 0 Å². The Labute approximate surface area is 107 Å². The number of ether oxygens (including phenoxy) is 1. The average molecular weight is 249 g/mol. The molecular weight excluding hydrogens is 230 g/mol. The van der Waals surface area contributed by atoms with E-state index >= 15 is 0 Å². The summed E-state index contributed by atoms with van der Waals surface area (Å²) in [6, 6.07) is 4.06. The minimum Gasteiger partial charge on any atom is -0.377 e. The lowest BCUT2D eigenvalue weighted by Crippen LogP contribution is -2.07. The van der Waals surface area contributed by atoms with Crippen LogP contribution in [-0.2, 0) is 17.9 Å². The van der Waals surface area contributed by atoms with Crippen molar-refractivity contribution in [1.82, 2.24) is 9.72 Å². The summed E-state index contributed by atoms with van der Waals surface area (Å²) in [4.78, 5) is 0. The largest absolute Gasteiger partial charge is 0.377 e. The molecule has 0 radical (unpaired) electrons. The monoisotopic (exact) mass is 249 g/mol. The van der Waals surface area contributed by atoms with E-state index in [-0.39, 0.29) is 6.04 Å². The molecular formula is C13H19N3O2. The first kappa shape index (κ1) is 12.9. The van der Waals surface area contributed by atoms with Gasteiger partial charge >= 0.3 is 0 Å². The highest BCUT2D eigenvalue weighted by Crippen LogP contribution is 2.15. The molecule has 0 aliphatic heterocycles. The number of rotatable bonds is 6. The van der Waals surface area contributed by atoms with Crippen LogP contribution >= 0.6 is 0 Å². The minimum absolute atomic E-state index is 0.104. The third-order valence-electron chi connectivity index (χ3n) is 2.88. The van der Waals surface area contributed by atoms with Gasteiger partial charge in [-0.25, -0.2) is 0 Å². The second-order valence-corrected chi connectivity index (χ2v) is 4.35. The molecule has 0 saturated carbocycles. The molecule has 98 valence electrons. The lowest BCUT2D eigenvalue weighted by Gasteiger charge is -2.04. The first-order valence-corrected chi connectivity index (χ1v) is 6.07. The van der Waals surface area contributed by atoms with E-state index in [9.17, 15) is 0 Å². The van der Waals surface area contributed by atoms with E-state index in [4.69, 9.17) is 15.0 Å². The van der Waals surface area contributed by atoms with Gasteiger partial charge in [0.25, 0.3) is 0 Å². The van der Waals surface area contributed by atoms with Gasteiger partial charge in [-0.2, -0.15) is 0 Å². The third-order valence-corrected chi connectivity index (χ3v) is 2.88. The van der Waals surface area contributed by atoms with Crippen LogP contribution in [0, 0.1) is 0 Å². The van der Waals surface area contributed by atoms with E-state index in [1.807, 2.05) is 18.3 Å². The molecule has 18 heavy (non-hydrogen) atoms. The first-order chi connectivity index (χ1) is 8.72. The summed E-state index contributed by atoms with van der Waals surface area (Å²) >= 11 is 0. The Morgan fingerprint density at radius 3 is 3.11 bits per heavy atom. The summed E-state index contributed by atoms with van der Waals surface area (Å²) in [5, 5.41) is 4.00. The van der Waals surface area contributed by atoms with Gasteiger partial charge in [-0.1, -0.05) is 12.1 Å². The minimum atomic E-state index is 0.104. The molecule has 0 aliphatic carbocycles. The molecule has 1 unspecified atom stereocenters. The summed E-state index contributed by atoms with van der Waals surface area (Å²) in [6.07, 6.45) is 5.00. The third kappa shape index (κ3) is 3.00. The molecule has 0 saturated heterocycles. The molecule has 2 rings (SSSR count). The Hall–Kier alpha value is -1.59. The molecule has 0 amide bonds. The summed E-state index contributed by atoms with van der Waals surface area (Å²) in [5.41, 5.74) is 8.02. The van der Waals surface area contributed by atoms with Crippen molar-refractivity contribution in [3.8, 4) is 0 Å². The zero-order chi connectivity index (χ0) is 13.0. The molecule has 5 nitrogen and oxygen atoms in total. The van der Waals surface area contributed by atoms with Crippen LogP contribution in [0.4, 0.5) is 0 Å². The Balaban J connectivity index is 2.01. The Bertz CT molecular complexity index is 490. The average Bonchev–Trinajstić information content (AvgIpc) is 2.99. The van der Waals surface area contributed by atoms with Crippen molar-refractivity contribution < 1.29 is 9.26 Å². The van der Waals surface area contributed by atoms with Crippen LogP contribution in [0.2, 0.25) is 0 Å². The van der Waals surface area contributed by atoms with Gasteiger partial charge in [-0.15, -0.1) is 0 Å². The zero-order valence-electron chi connectivity index (χ0n) is 10.8. The first-order valence-electron chi connectivity index (χ1n) is 6.07. The molecule has 2 N–H and O–H groups in total. The van der Waals surface area contributed by atoms with Crippen LogP contribution in [0.1, 0.15) is 36.4 Å². The highest BCUT2D eigenvalue weighted by Gasteiger charge is 2.07. The molecule has 5 heteroatoms. The molecule has 0 bridgehead atoms. The zero-order valence-corrected chi connectivity index (χ0v) is 10.8. The Kier molecular flexibility index (Phi) is 4.17. The van der Waals surface area contributed by atoms with Crippen LogP contribution in [0.5, 0.6) is 0 Å². The maximum atomic E-state index is 5.98. The fourth-order valence-electron chi connectivity index (χ4n) is 1.84. The van der Waals surface area contributed by atoms with E-state index in [2.05, 4.69) is 22.8 Å². The molecule has 0 fully saturated rings. The maximum absolute atomic E-state index is 5.98. The van der Waals surface area contributed by atoms with Gasteiger partial charge in [-0.05, 0) is 18.1 Å². The summed E-state index contributed by atoms with van der Waals surface area (Å²) in [7, 11) is 1.63. The van der Waals surface area contributed by atoms with Crippen LogP contribution < -0.4 is 5.73 Å². The summed E-state index contributed by atoms with van der Waals surface area (Å²) < 4.78 is 12.2. The van der Waals surface area contributed by atoms with Crippen molar-refractivity contribution in [3.05, 3.63) is 41.5 Å². The molecule has 2 aromatic rings. The van der Waals surface area contributed by atoms with Crippen molar-refractivity contribution in [1.29, 1.82) is 0 Å². The number of hydrogen-bond acceptors (Lipinski definition) is 4. The highest BCUT2D eigenvalue weighted by molar-refractivity contribution is 5.16. The van der Waals surface area contributed by atoms with Gasteiger partial charge in [0.05, 0.1) is 6.54 Å². The van der Waals surface area contributed by atoms with Crippen LogP contribution in [0.15, 0.2) is 29.0 Å². The predicted molar refractivity (Wildman–Crippen MR) is 68.0 cm³/mol. The SMILES string of the molecule is CCC(N)c1ccn(Cc2cc(COC)on2)c1. The van der Waals surface area contributed by atoms with E-state index in [0.717, 1.165) is 23.4 Å². The van der Waals surface area contributed by atoms with Crippen molar-refractivity contribution in [2.45, 2.75) is 32.5 Å². The second kappa shape index (κ2) is 5.84. The molecule has 2 aromatic heterocycles. The number of nitrogens with two attached hydrogens (primary N) is 1. The van der Waals surface area contributed by atoms with Crippen molar-refractivity contribution in [2.75, 3.05) is 7.11 Å². The van der Waals surface area contributed by atoms with Gasteiger partial charge in [0, 0.05) is 31.6 Å². The van der Waals surface area contributed by atoms with Gasteiger partial charge in [0.1, 0.15) is 12.3 Å². The molecule has 0 aromatic carbocycles. The van der Waals surface area contributed by atoms with Crippen LogP contribution in [-0.4, -0.2) is 16.8 Å². The lowest BCUT2D eigenvalue weighted by atomic mass is 10.1. The van der Waals surface area contributed by atoms with Gasteiger partial charge in [-0.3, -0.25) is 0 Å². The second-order valence-electron chi connectivity index (χ2n) is 4.35. The van der Waals surface area contributed by atoms with Crippen molar-refractivity contribution in [3.63, 3.8) is 0 Å². The lowest BCUT2D eigenvalue weighted by molar-refractivity contribution is 0.155. The maximum Gasteiger partial charge on any atom is 0.162 e. The fourth-order valence-corrected chi connectivity index (χ4v) is 1.84.